The summed E-state index contributed by atoms with van der Waals surface area (Å²) in [5.41, 5.74) is 13.6. The Labute approximate surface area is 728 Å². The summed E-state index contributed by atoms with van der Waals surface area (Å²) in [6.45, 7) is 45.6. The molecule has 0 radical (unpaired) electrons. The molecule has 0 aliphatic heterocycles. The second-order valence-corrected chi connectivity index (χ2v) is 40.8. The summed E-state index contributed by atoms with van der Waals surface area (Å²) in [7, 11) is -5.49. The maximum absolute atomic E-state index is 7.33. The van der Waals surface area contributed by atoms with Gasteiger partial charge in [-0.05, 0) is 212 Å². The van der Waals surface area contributed by atoms with E-state index in [1.54, 1.807) is 0 Å². The van der Waals surface area contributed by atoms with E-state index in [1.807, 2.05) is 0 Å². The molecule has 4 atom stereocenters. The Kier molecular flexibility index (Phi) is 49.9. The second-order valence-electron chi connectivity index (χ2n) is 37.6. The largest absolute Gasteiger partial charge is 0.463 e. The molecular weight excluding hydrogens is 1510 g/mol. The molecule has 0 amide bonds. The number of unbranched alkanes of at least 4 members (excludes halogenated alkanes) is 33. The van der Waals surface area contributed by atoms with E-state index in [0.717, 1.165) is 127 Å². The van der Waals surface area contributed by atoms with Crippen LogP contribution in [0.2, 0.25) is 0 Å². The van der Waals surface area contributed by atoms with Crippen molar-refractivity contribution in [1.29, 1.82) is 0 Å². The number of rotatable bonds is 65. The molecule has 12 heteroatoms. The van der Waals surface area contributed by atoms with Gasteiger partial charge in [0.15, 0.2) is 0 Å². The third-order valence-corrected chi connectivity index (χ3v) is 26.7. The third-order valence-electron chi connectivity index (χ3n) is 23.4. The molecule has 0 N–H and O–H groups in total. The van der Waals surface area contributed by atoms with Crippen LogP contribution < -0.4 is 27.1 Å². The molecule has 0 aliphatic rings. The van der Waals surface area contributed by atoms with Gasteiger partial charge in [0, 0.05) is 22.6 Å². The molecule has 662 valence electrons. The van der Waals surface area contributed by atoms with Crippen LogP contribution in [-0.2, 0) is 49.1 Å². The minimum Gasteiger partial charge on any atom is -0.418 e. The smallest absolute Gasteiger partial charge is 0.418 e. The van der Waals surface area contributed by atoms with E-state index in [-0.39, 0.29) is 28.1 Å². The molecule has 9 nitrogen and oxygen atoms in total. The first-order chi connectivity index (χ1) is 56.9. The molecule has 4 unspecified atom stereocenters. The first kappa shape index (κ1) is 102. The van der Waals surface area contributed by atoms with E-state index < -0.39 is 25.8 Å². The highest BCUT2D eigenvalue weighted by Crippen LogP contribution is 2.53. The summed E-state index contributed by atoms with van der Waals surface area (Å²) < 4.78 is 63.3. The lowest BCUT2D eigenvalue weighted by molar-refractivity contribution is 0.256. The van der Waals surface area contributed by atoms with Gasteiger partial charge >= 0.3 is 25.8 Å². The number of hydrogen-bond acceptors (Lipinski definition) is 9. The maximum atomic E-state index is 7.33. The van der Waals surface area contributed by atoms with E-state index in [2.05, 4.69) is 241 Å². The molecule has 6 rings (SSSR count). The van der Waals surface area contributed by atoms with E-state index in [9.17, 15) is 0 Å². The topological polar surface area (TPSA) is 83.1 Å². The zero-order valence-electron chi connectivity index (χ0n) is 78.6. The van der Waals surface area contributed by atoms with Crippen molar-refractivity contribution in [2.75, 3.05) is 19.8 Å². The summed E-state index contributed by atoms with van der Waals surface area (Å²) in [6.07, 6.45) is 51.9. The van der Waals surface area contributed by atoms with Crippen molar-refractivity contribution >= 4 is 25.8 Å². The highest BCUT2D eigenvalue weighted by Gasteiger charge is 2.34. The van der Waals surface area contributed by atoms with Crippen LogP contribution in [0.5, 0.6) is 34.5 Å². The fourth-order valence-electron chi connectivity index (χ4n) is 16.2. The molecular formula is C106H169O9P3. The number of benzene rings is 6. The van der Waals surface area contributed by atoms with Gasteiger partial charge in [0.05, 0.1) is 19.8 Å². The third kappa shape index (κ3) is 39.4. The van der Waals surface area contributed by atoms with Crippen molar-refractivity contribution in [3.8, 4) is 34.5 Å². The first-order valence-corrected chi connectivity index (χ1v) is 51.3. The minimum absolute atomic E-state index is 0.0755. The highest BCUT2D eigenvalue weighted by atomic mass is 31.2. The van der Waals surface area contributed by atoms with E-state index in [4.69, 9.17) is 40.7 Å². The number of hydrogen-bond donors (Lipinski definition) is 0. The van der Waals surface area contributed by atoms with Gasteiger partial charge in [-0.3, -0.25) is 13.6 Å². The minimum atomic E-state index is -1.84. The molecule has 0 saturated heterocycles. The predicted octanol–water partition coefficient (Wildman–Crippen LogP) is 35.9. The average Bonchev–Trinajstić information content (AvgIpc) is 0.759. The Morgan fingerprint density at radius 2 is 0.508 bits per heavy atom. The Hall–Kier alpha value is -4.71. The van der Waals surface area contributed by atoms with Crippen molar-refractivity contribution in [3.05, 3.63) is 176 Å². The molecule has 0 aliphatic carbocycles. The Morgan fingerprint density at radius 3 is 0.771 bits per heavy atom. The molecule has 6 aromatic rings. The lowest BCUT2D eigenvalue weighted by Crippen LogP contribution is -2.19. The lowest BCUT2D eigenvalue weighted by Gasteiger charge is -2.33. The zero-order chi connectivity index (χ0) is 85.4. The molecule has 0 heterocycles. The van der Waals surface area contributed by atoms with Crippen molar-refractivity contribution in [1.82, 2.24) is 0 Å². The normalized spacial score (nSPS) is 13.3. The van der Waals surface area contributed by atoms with Crippen LogP contribution in [0.15, 0.2) is 109 Å². The molecule has 0 aromatic heterocycles. The molecule has 6 aromatic carbocycles. The van der Waals surface area contributed by atoms with Crippen molar-refractivity contribution in [3.63, 3.8) is 0 Å². The Bertz CT molecular complexity index is 3500. The van der Waals surface area contributed by atoms with Gasteiger partial charge in [-0.2, -0.15) is 0 Å². The van der Waals surface area contributed by atoms with Crippen molar-refractivity contribution in [2.45, 2.75) is 436 Å². The van der Waals surface area contributed by atoms with Crippen LogP contribution in [0.25, 0.3) is 0 Å². The van der Waals surface area contributed by atoms with Crippen LogP contribution in [0.3, 0.4) is 0 Å². The summed E-state index contributed by atoms with van der Waals surface area (Å²) >= 11 is 0. The first-order valence-electron chi connectivity index (χ1n) is 48.0. The van der Waals surface area contributed by atoms with E-state index >= 15 is 0 Å². The SMILES string of the molecule is CCCCCCCCCc1cccc(OP(OCCCCCCCC)Oc2cc(C)c(C(C)CC(c3cc(C(C)(C)C)c(OP(OCCCCCCCC)Oc4cccc(CCCCCCCCC)c4)cc3C)c3cc(C(C)(C)C)c(OP(OCCCCCCCC)Oc4cccc(CCCCCCCCC)c4)cc3C)cc2C(C)(C)C)c1. The fraction of sp³-hybridized carbons (Fsp3) is 0.660. The van der Waals surface area contributed by atoms with E-state index in [1.165, 1.54) is 251 Å². The van der Waals surface area contributed by atoms with Crippen LogP contribution >= 0.6 is 25.8 Å². The van der Waals surface area contributed by atoms with Crippen LogP contribution in [0.1, 0.15) is 446 Å². The maximum Gasteiger partial charge on any atom is 0.463 e. The molecule has 0 spiro atoms. The van der Waals surface area contributed by atoms with Crippen LogP contribution in [0.4, 0.5) is 0 Å². The molecule has 0 bridgehead atoms. The van der Waals surface area contributed by atoms with Gasteiger partial charge in [0.2, 0.25) is 0 Å². The summed E-state index contributed by atoms with van der Waals surface area (Å²) in [6, 6.07) is 40.4. The number of aryl methyl sites for hydroxylation is 6. The van der Waals surface area contributed by atoms with Crippen LogP contribution in [-0.4, -0.2) is 19.8 Å². The van der Waals surface area contributed by atoms with Crippen molar-refractivity contribution in [2.24, 2.45) is 0 Å². The molecule has 0 saturated carbocycles. The van der Waals surface area contributed by atoms with Gasteiger partial charge in [-0.1, -0.05) is 377 Å². The van der Waals surface area contributed by atoms with Gasteiger partial charge in [-0.15, -0.1) is 0 Å². The highest BCUT2D eigenvalue weighted by molar-refractivity contribution is 7.43. The van der Waals surface area contributed by atoms with Gasteiger partial charge < -0.3 is 27.1 Å². The van der Waals surface area contributed by atoms with Crippen molar-refractivity contribution < 1.29 is 40.7 Å². The fourth-order valence-corrected chi connectivity index (χ4v) is 19.2. The quantitative estimate of drug-likeness (QED) is 0.0274. The van der Waals surface area contributed by atoms with Crippen LogP contribution in [0, 0.1) is 20.8 Å². The Balaban J connectivity index is 1.47. The molecule has 118 heavy (non-hydrogen) atoms. The van der Waals surface area contributed by atoms with Gasteiger partial charge in [-0.25, -0.2) is 0 Å². The second kappa shape index (κ2) is 57.7. The summed E-state index contributed by atoms with van der Waals surface area (Å²) in [5, 5.41) is 0. The zero-order valence-corrected chi connectivity index (χ0v) is 81.3. The van der Waals surface area contributed by atoms with Gasteiger partial charge in [0.1, 0.15) is 34.5 Å². The average molecular weight is 1680 g/mol. The summed E-state index contributed by atoms with van der Waals surface area (Å²) in [4.78, 5) is 0. The Morgan fingerprint density at radius 1 is 0.271 bits per heavy atom. The monoisotopic (exact) mass is 1680 g/mol. The standard InChI is InChI=1S/C106H169O9P3/c1-20-26-32-38-44-47-53-62-88-65-59-68-91(78-88)110-116(107-71-56-50-41-35-29-23-4)113-101-75-85(8)94(81-98(101)104(11,12)13)84(7)74-97(95-82-99(105(14,15)16)102(76-86(95)9)114-117(108-72-57-51-42-36-30-24-5)111-92-69-60-66-89(79-92)63-54-48-45-39-33-27-21-2)96-83-100(106(17,18)19)103(77-87(96)10)115-118(109-73-58-52-43-37-31-25-6)112-93-70-61-67-90(80-93)64-55-49-46-40-34-28-22-3/h59-61,65-70,75-84,97H,20-58,62-64,71-74H2,1-19H3. The predicted molar refractivity (Wildman–Crippen MR) is 511 cm³/mol. The summed E-state index contributed by atoms with van der Waals surface area (Å²) in [5.74, 6) is 4.83. The molecule has 0 fully saturated rings. The van der Waals surface area contributed by atoms with E-state index in [0.29, 0.717) is 19.8 Å². The lowest BCUT2D eigenvalue weighted by atomic mass is 9.74. The van der Waals surface area contributed by atoms with Gasteiger partial charge in [0.25, 0.3) is 0 Å².